The number of hydrogen-bond donors (Lipinski definition) is 0. The molecule has 0 heterocycles. The van der Waals surface area contributed by atoms with Crippen molar-refractivity contribution in [1.82, 2.24) is 0 Å². The zero-order valence-corrected chi connectivity index (χ0v) is 7.78. The Morgan fingerprint density at radius 1 is 1.20 bits per heavy atom. The Kier molecular flexibility index (Phi) is 1.47. The van der Waals surface area contributed by atoms with Crippen molar-refractivity contribution in [2.75, 3.05) is 0 Å². The van der Waals surface area contributed by atoms with Crippen LogP contribution in [0.1, 0.15) is 41.0 Å². The van der Waals surface area contributed by atoms with E-state index in [1.54, 1.807) is 5.57 Å². The van der Waals surface area contributed by atoms with Crippen LogP contribution in [0.3, 0.4) is 0 Å². The van der Waals surface area contributed by atoms with Crippen molar-refractivity contribution in [3.63, 3.8) is 0 Å². The molecule has 0 bridgehead atoms. The lowest BCUT2D eigenvalue weighted by Gasteiger charge is -2.34. The first-order chi connectivity index (χ1) is 4.35. The minimum absolute atomic E-state index is 0.400. The summed E-state index contributed by atoms with van der Waals surface area (Å²) in [7, 11) is 0. The van der Waals surface area contributed by atoms with E-state index in [-0.39, 0.29) is 0 Å². The Bertz CT molecular complexity index is 170. The van der Waals surface area contributed by atoms with Crippen molar-refractivity contribution in [3.05, 3.63) is 11.6 Å². The lowest BCUT2D eigenvalue weighted by Crippen LogP contribution is -2.25. The predicted molar refractivity (Wildman–Crippen MR) is 45.9 cm³/mol. The SMILES string of the molecule is CC1=CC(C)(C)C(C)(C)C1. The molecule has 0 N–H and O–H groups in total. The van der Waals surface area contributed by atoms with E-state index in [9.17, 15) is 0 Å². The van der Waals surface area contributed by atoms with Gasteiger partial charge >= 0.3 is 0 Å². The summed E-state index contributed by atoms with van der Waals surface area (Å²) in [6.45, 7) is 11.6. The van der Waals surface area contributed by atoms with Gasteiger partial charge in [-0.15, -0.1) is 0 Å². The van der Waals surface area contributed by atoms with E-state index in [0.29, 0.717) is 10.8 Å². The molecule has 1 rings (SSSR count). The van der Waals surface area contributed by atoms with E-state index < -0.39 is 0 Å². The second-order valence-corrected chi connectivity index (χ2v) is 4.77. The lowest BCUT2D eigenvalue weighted by molar-refractivity contribution is 0.189. The van der Waals surface area contributed by atoms with Crippen molar-refractivity contribution in [3.8, 4) is 0 Å². The highest BCUT2D eigenvalue weighted by molar-refractivity contribution is 5.19. The quantitative estimate of drug-likeness (QED) is 0.450. The molecule has 58 valence electrons. The molecule has 0 radical (unpaired) electrons. The molecular formula is C10H18. The van der Waals surface area contributed by atoms with Crippen molar-refractivity contribution >= 4 is 0 Å². The fraction of sp³-hybridized carbons (Fsp3) is 0.800. The van der Waals surface area contributed by atoms with Gasteiger partial charge in [0.05, 0.1) is 0 Å². The van der Waals surface area contributed by atoms with Gasteiger partial charge in [-0.2, -0.15) is 0 Å². The highest BCUT2D eigenvalue weighted by Gasteiger charge is 2.39. The summed E-state index contributed by atoms with van der Waals surface area (Å²) >= 11 is 0. The summed E-state index contributed by atoms with van der Waals surface area (Å²) in [5.41, 5.74) is 2.42. The van der Waals surface area contributed by atoms with Crippen LogP contribution < -0.4 is 0 Å². The summed E-state index contributed by atoms with van der Waals surface area (Å²) in [4.78, 5) is 0. The van der Waals surface area contributed by atoms with E-state index in [1.807, 2.05) is 0 Å². The van der Waals surface area contributed by atoms with E-state index in [1.165, 1.54) is 6.42 Å². The van der Waals surface area contributed by atoms with Crippen molar-refractivity contribution < 1.29 is 0 Å². The van der Waals surface area contributed by atoms with Crippen molar-refractivity contribution in [2.24, 2.45) is 10.8 Å². The standard InChI is InChI=1S/C10H18/c1-8-6-9(2,3)10(4,5)7-8/h6H,7H2,1-5H3. The van der Waals surface area contributed by atoms with Gasteiger partial charge in [-0.3, -0.25) is 0 Å². The van der Waals surface area contributed by atoms with E-state index in [2.05, 4.69) is 40.7 Å². The van der Waals surface area contributed by atoms with Gasteiger partial charge < -0.3 is 0 Å². The third-order valence-corrected chi connectivity index (χ3v) is 3.07. The molecule has 0 nitrogen and oxygen atoms in total. The van der Waals surface area contributed by atoms with Crippen LogP contribution in [-0.2, 0) is 0 Å². The second-order valence-electron chi connectivity index (χ2n) is 4.77. The summed E-state index contributed by atoms with van der Waals surface area (Å²) in [5.74, 6) is 0. The van der Waals surface area contributed by atoms with Crippen LogP contribution >= 0.6 is 0 Å². The molecule has 0 aromatic carbocycles. The third kappa shape index (κ3) is 1.00. The molecule has 0 aromatic heterocycles. The van der Waals surface area contributed by atoms with E-state index in [0.717, 1.165) is 0 Å². The number of rotatable bonds is 0. The maximum absolute atomic E-state index is 2.41. The zero-order chi connectivity index (χ0) is 7.99. The molecule has 0 saturated carbocycles. The zero-order valence-electron chi connectivity index (χ0n) is 7.78. The van der Waals surface area contributed by atoms with Gasteiger partial charge in [-0.1, -0.05) is 39.3 Å². The van der Waals surface area contributed by atoms with Crippen LogP contribution in [0.2, 0.25) is 0 Å². The minimum Gasteiger partial charge on any atom is -0.0794 e. The molecule has 0 atom stereocenters. The highest BCUT2D eigenvalue weighted by Crippen LogP contribution is 2.50. The van der Waals surface area contributed by atoms with Gasteiger partial charge in [0.1, 0.15) is 0 Å². The van der Waals surface area contributed by atoms with Crippen molar-refractivity contribution in [2.45, 2.75) is 41.0 Å². The second kappa shape index (κ2) is 1.87. The first-order valence-electron chi connectivity index (χ1n) is 4.03. The largest absolute Gasteiger partial charge is 0.0794 e. The molecule has 0 fully saturated rings. The van der Waals surface area contributed by atoms with Gasteiger partial charge in [0, 0.05) is 0 Å². The van der Waals surface area contributed by atoms with Crippen LogP contribution in [0.4, 0.5) is 0 Å². The molecule has 0 unspecified atom stereocenters. The Morgan fingerprint density at radius 2 is 1.70 bits per heavy atom. The smallest absolute Gasteiger partial charge is 0.0118 e. The van der Waals surface area contributed by atoms with Gasteiger partial charge in [-0.25, -0.2) is 0 Å². The molecule has 10 heavy (non-hydrogen) atoms. The maximum atomic E-state index is 2.41. The topological polar surface area (TPSA) is 0 Å². The summed E-state index contributed by atoms with van der Waals surface area (Å²) in [6.07, 6.45) is 3.67. The molecule has 1 aliphatic rings. The van der Waals surface area contributed by atoms with Gasteiger partial charge in [0.25, 0.3) is 0 Å². The Balaban J connectivity index is 2.92. The normalized spacial score (nSPS) is 28.3. The Hall–Kier alpha value is -0.260. The van der Waals surface area contributed by atoms with E-state index >= 15 is 0 Å². The molecule has 1 aliphatic carbocycles. The fourth-order valence-electron chi connectivity index (χ4n) is 1.79. The molecule has 0 aliphatic heterocycles. The van der Waals surface area contributed by atoms with Crippen LogP contribution in [0.25, 0.3) is 0 Å². The Labute approximate surface area is 64.3 Å². The van der Waals surface area contributed by atoms with E-state index in [4.69, 9.17) is 0 Å². The molecule has 0 heteroatoms. The lowest BCUT2D eigenvalue weighted by atomic mass is 9.70. The van der Waals surface area contributed by atoms with Crippen LogP contribution in [-0.4, -0.2) is 0 Å². The number of allylic oxidation sites excluding steroid dienone is 2. The number of hydrogen-bond acceptors (Lipinski definition) is 0. The third-order valence-electron chi connectivity index (χ3n) is 3.07. The average Bonchev–Trinajstić information content (AvgIpc) is 1.73. The maximum Gasteiger partial charge on any atom is -0.0118 e. The molecule has 0 amide bonds. The monoisotopic (exact) mass is 138 g/mol. The summed E-state index contributed by atoms with van der Waals surface area (Å²) < 4.78 is 0. The molecule has 0 spiro atoms. The fourth-order valence-corrected chi connectivity index (χ4v) is 1.79. The first kappa shape index (κ1) is 7.84. The van der Waals surface area contributed by atoms with Gasteiger partial charge in [0.2, 0.25) is 0 Å². The van der Waals surface area contributed by atoms with Crippen LogP contribution in [0.5, 0.6) is 0 Å². The average molecular weight is 138 g/mol. The highest BCUT2D eigenvalue weighted by atomic mass is 14.4. The van der Waals surface area contributed by atoms with Gasteiger partial charge in [0.15, 0.2) is 0 Å². The predicted octanol–water partition coefficient (Wildman–Crippen LogP) is 3.39. The van der Waals surface area contributed by atoms with Crippen LogP contribution in [0.15, 0.2) is 11.6 Å². The van der Waals surface area contributed by atoms with Crippen LogP contribution in [0, 0.1) is 10.8 Å². The first-order valence-corrected chi connectivity index (χ1v) is 4.03. The Morgan fingerprint density at radius 3 is 1.80 bits per heavy atom. The molecular weight excluding hydrogens is 120 g/mol. The summed E-state index contributed by atoms with van der Waals surface area (Å²) in [5, 5.41) is 0. The molecule has 0 aromatic rings. The van der Waals surface area contributed by atoms with Crippen molar-refractivity contribution in [1.29, 1.82) is 0 Å². The minimum atomic E-state index is 0.400. The van der Waals surface area contributed by atoms with Gasteiger partial charge in [-0.05, 0) is 24.2 Å². The summed E-state index contributed by atoms with van der Waals surface area (Å²) in [6, 6.07) is 0. The molecule has 0 saturated heterocycles.